The first kappa shape index (κ1) is 13.3. The standard InChI is InChI=1S/C14H18N4O/c1-2-11-5-7-12(8-6-11)14(19)15-9-3-4-13-16-10-17-18-13/h5-8,10H,2-4,9H2,1H3,(H,15,19)(H,16,17,18). The van der Waals surface area contributed by atoms with Gasteiger partial charge < -0.3 is 5.32 Å². The number of aromatic nitrogens is 3. The Morgan fingerprint density at radius 2 is 2.11 bits per heavy atom. The minimum absolute atomic E-state index is 0.0276. The first-order valence-electron chi connectivity index (χ1n) is 6.51. The van der Waals surface area contributed by atoms with Gasteiger partial charge >= 0.3 is 0 Å². The van der Waals surface area contributed by atoms with Crippen LogP contribution in [0.2, 0.25) is 0 Å². The normalized spacial score (nSPS) is 10.4. The maximum Gasteiger partial charge on any atom is 0.251 e. The lowest BCUT2D eigenvalue weighted by atomic mass is 10.1. The minimum atomic E-state index is -0.0276. The van der Waals surface area contributed by atoms with Crippen molar-refractivity contribution in [3.8, 4) is 0 Å². The van der Waals surface area contributed by atoms with Gasteiger partial charge in [0.25, 0.3) is 5.91 Å². The van der Waals surface area contributed by atoms with Gasteiger partial charge in [-0.15, -0.1) is 0 Å². The zero-order valence-corrected chi connectivity index (χ0v) is 11.0. The van der Waals surface area contributed by atoms with E-state index in [1.807, 2.05) is 24.3 Å². The molecule has 0 bridgehead atoms. The third-order valence-corrected chi connectivity index (χ3v) is 2.97. The molecule has 0 spiro atoms. The Hall–Kier alpha value is -2.17. The van der Waals surface area contributed by atoms with E-state index in [2.05, 4.69) is 27.4 Å². The average molecular weight is 258 g/mol. The summed E-state index contributed by atoms with van der Waals surface area (Å²) < 4.78 is 0. The molecule has 0 unspecified atom stereocenters. The van der Waals surface area contributed by atoms with Gasteiger partial charge in [0.15, 0.2) is 0 Å². The van der Waals surface area contributed by atoms with E-state index in [4.69, 9.17) is 0 Å². The van der Waals surface area contributed by atoms with E-state index >= 15 is 0 Å². The highest BCUT2D eigenvalue weighted by molar-refractivity contribution is 5.94. The van der Waals surface area contributed by atoms with Crippen LogP contribution in [-0.2, 0) is 12.8 Å². The summed E-state index contributed by atoms with van der Waals surface area (Å²) in [5.74, 6) is 0.821. The van der Waals surface area contributed by atoms with Crippen LogP contribution in [0.4, 0.5) is 0 Å². The maximum absolute atomic E-state index is 11.9. The molecule has 0 saturated carbocycles. The number of carbonyl (C=O) groups excluding carboxylic acids is 1. The van der Waals surface area contributed by atoms with Crippen molar-refractivity contribution in [2.75, 3.05) is 6.54 Å². The quantitative estimate of drug-likeness (QED) is 0.775. The van der Waals surface area contributed by atoms with Crippen LogP contribution >= 0.6 is 0 Å². The zero-order chi connectivity index (χ0) is 13.5. The van der Waals surface area contributed by atoms with Crippen LogP contribution < -0.4 is 5.32 Å². The second-order valence-corrected chi connectivity index (χ2v) is 4.34. The Bertz CT molecular complexity index is 505. The third-order valence-electron chi connectivity index (χ3n) is 2.97. The van der Waals surface area contributed by atoms with Gasteiger partial charge in [-0.2, -0.15) is 5.10 Å². The van der Waals surface area contributed by atoms with Gasteiger partial charge in [0, 0.05) is 18.5 Å². The number of rotatable bonds is 6. The highest BCUT2D eigenvalue weighted by Gasteiger charge is 2.04. The Kier molecular flexibility index (Phi) is 4.66. The van der Waals surface area contributed by atoms with Crippen LogP contribution in [0.15, 0.2) is 30.6 Å². The summed E-state index contributed by atoms with van der Waals surface area (Å²) in [6, 6.07) is 7.71. The van der Waals surface area contributed by atoms with Gasteiger partial charge in [0.2, 0.25) is 0 Å². The van der Waals surface area contributed by atoms with Crippen LogP contribution in [0.5, 0.6) is 0 Å². The van der Waals surface area contributed by atoms with Crippen molar-refractivity contribution in [1.82, 2.24) is 20.5 Å². The van der Waals surface area contributed by atoms with Gasteiger partial charge in [-0.1, -0.05) is 19.1 Å². The summed E-state index contributed by atoms with van der Waals surface area (Å²) in [5.41, 5.74) is 1.94. The molecule has 1 amide bonds. The monoisotopic (exact) mass is 258 g/mol. The number of benzene rings is 1. The molecule has 100 valence electrons. The second-order valence-electron chi connectivity index (χ2n) is 4.34. The molecule has 0 radical (unpaired) electrons. The Morgan fingerprint density at radius 1 is 1.32 bits per heavy atom. The molecule has 0 atom stereocenters. The van der Waals surface area contributed by atoms with Crippen molar-refractivity contribution < 1.29 is 4.79 Å². The number of amides is 1. The van der Waals surface area contributed by atoms with Crippen LogP contribution in [0.1, 0.15) is 35.1 Å². The maximum atomic E-state index is 11.9. The molecule has 0 aliphatic heterocycles. The van der Waals surface area contributed by atoms with Gasteiger partial charge in [-0.25, -0.2) is 4.98 Å². The van der Waals surface area contributed by atoms with E-state index < -0.39 is 0 Å². The van der Waals surface area contributed by atoms with E-state index in [1.54, 1.807) is 0 Å². The SMILES string of the molecule is CCc1ccc(C(=O)NCCCc2ncn[nH]2)cc1. The summed E-state index contributed by atoms with van der Waals surface area (Å²) in [6.45, 7) is 2.73. The zero-order valence-electron chi connectivity index (χ0n) is 11.0. The number of hydrogen-bond acceptors (Lipinski definition) is 3. The molecule has 0 aliphatic carbocycles. The van der Waals surface area contributed by atoms with E-state index in [0.29, 0.717) is 12.1 Å². The summed E-state index contributed by atoms with van der Waals surface area (Å²) in [6.07, 6.45) is 4.10. The van der Waals surface area contributed by atoms with Crippen molar-refractivity contribution in [3.63, 3.8) is 0 Å². The summed E-state index contributed by atoms with van der Waals surface area (Å²) >= 11 is 0. The van der Waals surface area contributed by atoms with Crippen LogP contribution in [0.3, 0.4) is 0 Å². The highest BCUT2D eigenvalue weighted by Crippen LogP contribution is 2.05. The third kappa shape index (κ3) is 3.91. The Morgan fingerprint density at radius 3 is 2.74 bits per heavy atom. The van der Waals surface area contributed by atoms with Crippen molar-refractivity contribution >= 4 is 5.91 Å². The molecule has 0 aliphatic rings. The van der Waals surface area contributed by atoms with Crippen molar-refractivity contribution in [2.24, 2.45) is 0 Å². The topological polar surface area (TPSA) is 70.7 Å². The first-order chi connectivity index (χ1) is 9.29. The van der Waals surface area contributed by atoms with E-state index in [9.17, 15) is 4.79 Å². The summed E-state index contributed by atoms with van der Waals surface area (Å²) in [4.78, 5) is 15.9. The number of carbonyl (C=O) groups is 1. The highest BCUT2D eigenvalue weighted by atomic mass is 16.1. The fourth-order valence-electron chi connectivity index (χ4n) is 1.80. The second kappa shape index (κ2) is 6.68. The molecule has 1 aromatic carbocycles. The summed E-state index contributed by atoms with van der Waals surface area (Å²) in [5, 5.41) is 9.47. The number of hydrogen-bond donors (Lipinski definition) is 2. The van der Waals surface area contributed by atoms with Crippen LogP contribution in [0.25, 0.3) is 0 Å². The lowest BCUT2D eigenvalue weighted by molar-refractivity contribution is 0.0953. The smallest absolute Gasteiger partial charge is 0.251 e. The van der Waals surface area contributed by atoms with Crippen molar-refractivity contribution in [1.29, 1.82) is 0 Å². The van der Waals surface area contributed by atoms with Gasteiger partial charge in [-0.3, -0.25) is 9.89 Å². The number of aryl methyl sites for hydroxylation is 2. The molecule has 0 saturated heterocycles. The number of nitrogens with zero attached hydrogens (tertiary/aromatic N) is 2. The van der Waals surface area contributed by atoms with E-state index in [0.717, 1.165) is 25.1 Å². The van der Waals surface area contributed by atoms with Crippen LogP contribution in [-0.4, -0.2) is 27.6 Å². The van der Waals surface area contributed by atoms with E-state index in [-0.39, 0.29) is 5.91 Å². The molecule has 1 aromatic heterocycles. The predicted molar refractivity (Wildman–Crippen MR) is 72.9 cm³/mol. The van der Waals surface area contributed by atoms with Crippen molar-refractivity contribution in [3.05, 3.63) is 47.5 Å². The van der Waals surface area contributed by atoms with Gasteiger partial charge in [0.1, 0.15) is 12.2 Å². The number of nitrogens with one attached hydrogen (secondary N) is 2. The average Bonchev–Trinajstić information content (AvgIpc) is 2.96. The lowest BCUT2D eigenvalue weighted by Gasteiger charge is -2.05. The fraction of sp³-hybridized carbons (Fsp3) is 0.357. The summed E-state index contributed by atoms with van der Waals surface area (Å²) in [7, 11) is 0. The first-order valence-corrected chi connectivity index (χ1v) is 6.51. The largest absolute Gasteiger partial charge is 0.352 e. The molecule has 2 aromatic rings. The number of aromatic amines is 1. The molecule has 2 rings (SSSR count). The predicted octanol–water partition coefficient (Wildman–Crippen LogP) is 1.73. The molecular weight excluding hydrogens is 240 g/mol. The Balaban J connectivity index is 1.74. The molecule has 5 heteroatoms. The van der Waals surface area contributed by atoms with Crippen LogP contribution in [0, 0.1) is 0 Å². The van der Waals surface area contributed by atoms with Gasteiger partial charge in [0.05, 0.1) is 0 Å². The molecule has 1 heterocycles. The molecule has 0 fully saturated rings. The molecule has 5 nitrogen and oxygen atoms in total. The molecule has 2 N–H and O–H groups in total. The Labute approximate surface area is 112 Å². The number of H-pyrrole nitrogens is 1. The molecular formula is C14H18N4O. The minimum Gasteiger partial charge on any atom is -0.352 e. The molecule has 19 heavy (non-hydrogen) atoms. The van der Waals surface area contributed by atoms with Crippen molar-refractivity contribution in [2.45, 2.75) is 26.2 Å². The van der Waals surface area contributed by atoms with Gasteiger partial charge in [-0.05, 0) is 30.5 Å². The lowest BCUT2D eigenvalue weighted by Crippen LogP contribution is -2.24. The fourth-order valence-corrected chi connectivity index (χ4v) is 1.80. The van der Waals surface area contributed by atoms with E-state index in [1.165, 1.54) is 11.9 Å².